The van der Waals surface area contributed by atoms with E-state index in [9.17, 15) is 25.2 Å². The summed E-state index contributed by atoms with van der Waals surface area (Å²) in [5, 5.41) is 40.9. The lowest BCUT2D eigenvalue weighted by Crippen LogP contribution is -2.42. The molecular formula is C27H36O5. The van der Waals surface area contributed by atoms with Crippen LogP contribution in [0.1, 0.15) is 65.0 Å². The van der Waals surface area contributed by atoms with E-state index in [1.54, 1.807) is 13.0 Å². The number of aromatic hydroxyl groups is 2. The van der Waals surface area contributed by atoms with Crippen molar-refractivity contribution < 1.29 is 25.2 Å². The van der Waals surface area contributed by atoms with Gasteiger partial charge in [-0.1, -0.05) is 39.3 Å². The maximum atomic E-state index is 13.1. The zero-order valence-electron chi connectivity index (χ0n) is 20.0. The Bertz CT molecular complexity index is 1030. The van der Waals surface area contributed by atoms with Gasteiger partial charge in [-0.2, -0.15) is 0 Å². The van der Waals surface area contributed by atoms with E-state index in [-0.39, 0.29) is 40.1 Å². The van der Waals surface area contributed by atoms with Crippen LogP contribution in [0.3, 0.4) is 0 Å². The summed E-state index contributed by atoms with van der Waals surface area (Å²) in [5.74, 6) is 0.488. The van der Waals surface area contributed by atoms with Crippen LogP contribution in [0.15, 0.2) is 47.5 Å². The monoisotopic (exact) mass is 440 g/mol. The van der Waals surface area contributed by atoms with Crippen molar-refractivity contribution in [3.05, 3.63) is 58.6 Å². The SMILES string of the molecule is C/C(=C\Cc1cc(O)cc(C)c1O)CC(=O)C[C@@]1(C)C[C@@H]2C(O)=CC(O)=C[C@]1(C)C2(C)C. The third-order valence-electron chi connectivity index (χ3n) is 8.31. The van der Waals surface area contributed by atoms with Crippen molar-refractivity contribution in [3.63, 3.8) is 0 Å². The minimum atomic E-state index is -0.464. The number of hydrogen-bond donors (Lipinski definition) is 4. The third-order valence-corrected chi connectivity index (χ3v) is 8.31. The molecule has 4 N–H and O–H groups in total. The van der Waals surface area contributed by atoms with E-state index >= 15 is 0 Å². The quantitative estimate of drug-likeness (QED) is 0.312. The Labute approximate surface area is 190 Å². The molecule has 2 aliphatic carbocycles. The van der Waals surface area contributed by atoms with Crippen LogP contribution in [0.25, 0.3) is 0 Å². The number of ketones is 1. The summed E-state index contributed by atoms with van der Waals surface area (Å²) in [4.78, 5) is 13.1. The van der Waals surface area contributed by atoms with Gasteiger partial charge in [-0.3, -0.25) is 4.79 Å². The Hall–Kier alpha value is -2.69. The maximum absolute atomic E-state index is 13.1. The fourth-order valence-corrected chi connectivity index (χ4v) is 5.89. The van der Waals surface area contributed by atoms with Crippen LogP contribution < -0.4 is 0 Å². The van der Waals surface area contributed by atoms with E-state index in [1.165, 1.54) is 12.1 Å². The number of benzene rings is 1. The molecule has 0 heterocycles. The lowest BCUT2D eigenvalue weighted by Gasteiger charge is -2.46. The Morgan fingerprint density at radius 1 is 1.12 bits per heavy atom. The topological polar surface area (TPSA) is 98.0 Å². The average molecular weight is 441 g/mol. The first-order chi connectivity index (χ1) is 14.7. The van der Waals surface area contributed by atoms with Gasteiger partial charge >= 0.3 is 0 Å². The summed E-state index contributed by atoms with van der Waals surface area (Å²) in [6.45, 7) is 12.0. The van der Waals surface area contributed by atoms with Crippen molar-refractivity contribution in [1.82, 2.24) is 0 Å². The predicted molar refractivity (Wildman–Crippen MR) is 126 cm³/mol. The number of rotatable bonds is 6. The largest absolute Gasteiger partial charge is 0.512 e. The highest BCUT2D eigenvalue weighted by Crippen LogP contribution is 2.69. The molecule has 3 atom stereocenters. The van der Waals surface area contributed by atoms with Crippen molar-refractivity contribution in [2.45, 2.75) is 67.2 Å². The molecule has 1 saturated carbocycles. The molecule has 0 unspecified atom stereocenters. The van der Waals surface area contributed by atoms with Gasteiger partial charge in [0.1, 0.15) is 23.0 Å². The zero-order chi connectivity index (χ0) is 24.1. The van der Waals surface area contributed by atoms with E-state index in [1.807, 2.05) is 19.1 Å². The summed E-state index contributed by atoms with van der Waals surface area (Å²) in [6, 6.07) is 3.06. The van der Waals surface area contributed by atoms with Crippen molar-refractivity contribution in [3.8, 4) is 11.5 Å². The summed E-state index contributed by atoms with van der Waals surface area (Å²) in [7, 11) is 0. The number of allylic oxidation sites excluding steroid dienone is 5. The van der Waals surface area contributed by atoms with Crippen molar-refractivity contribution in [1.29, 1.82) is 0 Å². The Balaban J connectivity index is 1.76. The van der Waals surface area contributed by atoms with Gasteiger partial charge in [0.15, 0.2) is 0 Å². The molecule has 1 fully saturated rings. The Kier molecular flexibility index (Phi) is 6.01. The molecule has 2 bridgehead atoms. The van der Waals surface area contributed by atoms with E-state index in [0.29, 0.717) is 36.8 Å². The second-order valence-corrected chi connectivity index (χ2v) is 10.8. The second-order valence-electron chi connectivity index (χ2n) is 10.8. The molecule has 5 nitrogen and oxygen atoms in total. The first-order valence-electron chi connectivity index (χ1n) is 11.2. The minimum absolute atomic E-state index is 0.0521. The lowest BCUT2D eigenvalue weighted by molar-refractivity contribution is -0.122. The highest BCUT2D eigenvalue weighted by Gasteiger charge is 2.64. The van der Waals surface area contributed by atoms with Crippen LogP contribution in [0.5, 0.6) is 11.5 Å². The standard InChI is InChI=1S/C27H36O5/c1-16(7-8-18-11-19(28)10-17(2)24(18)32)9-20(29)13-26(5)15-22-23(31)12-21(30)14-27(26,6)25(22,3)4/h7,10-12,14,22,28,30-32H,8-9,13,15H2,1-6H3/b16-7+/t22-,26+,27-/m1/s1. The van der Waals surface area contributed by atoms with Crippen LogP contribution in [0, 0.1) is 29.1 Å². The number of aryl methyl sites for hydroxylation is 1. The zero-order valence-corrected chi connectivity index (χ0v) is 20.0. The van der Waals surface area contributed by atoms with Crippen LogP contribution in [0.2, 0.25) is 0 Å². The molecular weight excluding hydrogens is 404 g/mol. The highest BCUT2D eigenvalue weighted by atomic mass is 16.3. The normalized spacial score (nSPS) is 29.3. The van der Waals surface area contributed by atoms with E-state index in [2.05, 4.69) is 27.7 Å². The molecule has 0 radical (unpaired) electrons. The summed E-state index contributed by atoms with van der Waals surface area (Å²) >= 11 is 0. The van der Waals surface area contributed by atoms with E-state index in [0.717, 1.165) is 5.57 Å². The summed E-state index contributed by atoms with van der Waals surface area (Å²) in [6.07, 6.45) is 6.92. The molecule has 0 aromatic heterocycles. The number of carbonyl (C=O) groups is 1. The molecule has 32 heavy (non-hydrogen) atoms. The van der Waals surface area contributed by atoms with Gasteiger partial charge in [-0.25, -0.2) is 0 Å². The van der Waals surface area contributed by atoms with Gasteiger partial charge in [-0.05, 0) is 61.3 Å². The molecule has 3 rings (SSSR count). The first kappa shape index (κ1) is 24.0. The van der Waals surface area contributed by atoms with Crippen LogP contribution in [0.4, 0.5) is 0 Å². The smallest absolute Gasteiger partial charge is 0.137 e. The van der Waals surface area contributed by atoms with Crippen molar-refractivity contribution in [2.24, 2.45) is 22.2 Å². The number of phenolic OH excluding ortho intramolecular Hbond substituents is 2. The number of phenols is 2. The fourth-order valence-electron chi connectivity index (χ4n) is 5.89. The number of hydrogen-bond acceptors (Lipinski definition) is 5. The number of fused-ring (bicyclic) bond motifs is 2. The molecule has 1 aromatic rings. The highest BCUT2D eigenvalue weighted by molar-refractivity contribution is 5.81. The molecule has 174 valence electrons. The maximum Gasteiger partial charge on any atom is 0.137 e. The van der Waals surface area contributed by atoms with Crippen LogP contribution in [-0.4, -0.2) is 26.2 Å². The Morgan fingerprint density at radius 2 is 1.78 bits per heavy atom. The Morgan fingerprint density at radius 3 is 2.44 bits per heavy atom. The van der Waals surface area contributed by atoms with Gasteiger partial charge in [0.2, 0.25) is 0 Å². The van der Waals surface area contributed by atoms with Gasteiger partial charge in [0.25, 0.3) is 0 Å². The second kappa shape index (κ2) is 8.02. The average Bonchev–Trinajstić information content (AvgIpc) is 2.76. The van der Waals surface area contributed by atoms with Gasteiger partial charge in [0.05, 0.1) is 5.76 Å². The minimum Gasteiger partial charge on any atom is -0.512 e. The number of Topliss-reactive ketones (excluding diaryl/α,β-unsaturated/α-hetero) is 1. The van der Waals surface area contributed by atoms with Crippen LogP contribution >= 0.6 is 0 Å². The summed E-state index contributed by atoms with van der Waals surface area (Å²) < 4.78 is 0. The summed E-state index contributed by atoms with van der Waals surface area (Å²) in [5.41, 5.74) is 0.955. The van der Waals surface area contributed by atoms with E-state index in [4.69, 9.17) is 0 Å². The molecule has 0 aliphatic heterocycles. The number of aliphatic hydroxyl groups is 2. The molecule has 1 aromatic carbocycles. The number of aliphatic hydroxyl groups excluding tert-OH is 2. The van der Waals surface area contributed by atoms with Crippen LogP contribution in [-0.2, 0) is 11.2 Å². The number of carbonyl (C=O) groups excluding carboxylic acids is 1. The van der Waals surface area contributed by atoms with Gasteiger partial charge in [-0.15, -0.1) is 0 Å². The molecule has 0 saturated heterocycles. The van der Waals surface area contributed by atoms with E-state index < -0.39 is 10.8 Å². The molecule has 5 heteroatoms. The molecule has 0 amide bonds. The van der Waals surface area contributed by atoms with Gasteiger partial charge in [0, 0.05) is 35.8 Å². The lowest BCUT2D eigenvalue weighted by atomic mass is 9.56. The fraction of sp³-hybridized carbons (Fsp3) is 0.519. The van der Waals surface area contributed by atoms with Gasteiger partial charge < -0.3 is 20.4 Å². The first-order valence-corrected chi connectivity index (χ1v) is 11.2. The van der Waals surface area contributed by atoms with Crippen molar-refractivity contribution in [2.75, 3.05) is 0 Å². The molecule has 0 spiro atoms. The predicted octanol–water partition coefficient (Wildman–Crippen LogP) is 6.20. The third kappa shape index (κ3) is 3.94. The molecule has 2 aliphatic rings. The van der Waals surface area contributed by atoms with Crippen molar-refractivity contribution >= 4 is 5.78 Å².